The van der Waals surface area contributed by atoms with E-state index in [9.17, 15) is 13.2 Å². The average Bonchev–Trinajstić information content (AvgIpc) is 2.88. The van der Waals surface area contributed by atoms with Crippen molar-refractivity contribution in [3.8, 4) is 0 Å². The van der Waals surface area contributed by atoms with Crippen molar-refractivity contribution in [2.24, 2.45) is 17.8 Å². The maximum atomic E-state index is 14.8. The van der Waals surface area contributed by atoms with Crippen LogP contribution in [-0.4, -0.2) is 16.6 Å². The van der Waals surface area contributed by atoms with Gasteiger partial charge < -0.3 is 4.74 Å². The maximum absolute atomic E-state index is 14.8. The van der Waals surface area contributed by atoms with Gasteiger partial charge in [0.1, 0.15) is 5.82 Å². The molecule has 1 saturated carbocycles. The molecule has 0 amide bonds. The SMILES string of the molecule is Fc1cccc2c1C(F)(F)C(C1CCC(C3CCC(I)CC3)OC1)C2. The van der Waals surface area contributed by atoms with Gasteiger partial charge in [-0.3, -0.25) is 0 Å². The van der Waals surface area contributed by atoms with Crippen LogP contribution in [0.4, 0.5) is 13.2 Å². The van der Waals surface area contributed by atoms with Gasteiger partial charge in [0.25, 0.3) is 5.92 Å². The third kappa shape index (κ3) is 3.35. The topological polar surface area (TPSA) is 9.23 Å². The Kier molecular flexibility index (Phi) is 5.08. The van der Waals surface area contributed by atoms with Crippen molar-refractivity contribution < 1.29 is 17.9 Å². The third-order valence-electron chi connectivity index (χ3n) is 6.48. The van der Waals surface area contributed by atoms with Gasteiger partial charge in [-0.25, -0.2) is 13.2 Å². The predicted molar refractivity (Wildman–Crippen MR) is 99.7 cm³/mol. The number of hydrogen-bond acceptors (Lipinski definition) is 1. The minimum atomic E-state index is -3.08. The van der Waals surface area contributed by atoms with Crippen LogP contribution in [0, 0.1) is 23.6 Å². The summed E-state index contributed by atoms with van der Waals surface area (Å²) in [5, 5.41) is 0. The number of fused-ring (bicyclic) bond motifs is 1. The lowest BCUT2D eigenvalue weighted by atomic mass is 9.78. The lowest BCUT2D eigenvalue weighted by Crippen LogP contribution is -2.39. The molecular formula is C20H24F3IO. The summed E-state index contributed by atoms with van der Waals surface area (Å²) < 4.78 is 50.5. The smallest absolute Gasteiger partial charge is 0.279 e. The fourth-order valence-corrected chi connectivity index (χ4v) is 5.78. The van der Waals surface area contributed by atoms with Gasteiger partial charge in [0, 0.05) is 9.84 Å². The van der Waals surface area contributed by atoms with E-state index in [1.54, 1.807) is 6.07 Å². The molecule has 138 valence electrons. The molecule has 2 fully saturated rings. The zero-order valence-corrected chi connectivity index (χ0v) is 16.4. The van der Waals surface area contributed by atoms with E-state index in [1.165, 1.54) is 31.7 Å². The molecule has 1 saturated heterocycles. The molecule has 0 N–H and O–H groups in total. The Morgan fingerprint density at radius 1 is 1.00 bits per heavy atom. The van der Waals surface area contributed by atoms with Crippen LogP contribution in [0.5, 0.6) is 0 Å². The Morgan fingerprint density at radius 3 is 2.36 bits per heavy atom. The van der Waals surface area contributed by atoms with E-state index in [2.05, 4.69) is 22.6 Å². The normalized spacial score (nSPS) is 37.7. The minimum absolute atomic E-state index is 0.182. The lowest BCUT2D eigenvalue weighted by Gasteiger charge is -2.39. The van der Waals surface area contributed by atoms with Gasteiger partial charge in [0.05, 0.1) is 18.3 Å². The van der Waals surface area contributed by atoms with Crippen LogP contribution in [0.1, 0.15) is 49.7 Å². The van der Waals surface area contributed by atoms with Gasteiger partial charge in [-0.2, -0.15) is 0 Å². The Bertz CT molecular complexity index is 619. The summed E-state index contributed by atoms with van der Waals surface area (Å²) in [5.41, 5.74) is 0.0972. The minimum Gasteiger partial charge on any atom is -0.378 e. The highest BCUT2D eigenvalue weighted by molar-refractivity contribution is 14.1. The average molecular weight is 464 g/mol. The molecule has 0 spiro atoms. The number of hydrogen-bond donors (Lipinski definition) is 0. The largest absolute Gasteiger partial charge is 0.378 e. The van der Waals surface area contributed by atoms with Crippen LogP contribution in [0.25, 0.3) is 0 Å². The Hall–Kier alpha value is -0.300. The molecule has 0 bridgehead atoms. The summed E-state index contributed by atoms with van der Waals surface area (Å²) in [4.78, 5) is 0. The summed E-state index contributed by atoms with van der Waals surface area (Å²) in [7, 11) is 0. The second-order valence-electron chi connectivity index (χ2n) is 7.93. The summed E-state index contributed by atoms with van der Waals surface area (Å²) in [5.74, 6) is -4.27. The van der Waals surface area contributed by atoms with Crippen LogP contribution in [0.3, 0.4) is 0 Å². The first-order valence-electron chi connectivity index (χ1n) is 9.38. The van der Waals surface area contributed by atoms with E-state index in [-0.39, 0.29) is 24.0 Å². The molecule has 1 aromatic rings. The molecule has 1 aromatic carbocycles. The fraction of sp³-hybridized carbons (Fsp3) is 0.700. The third-order valence-corrected chi connectivity index (χ3v) is 7.73. The molecule has 0 radical (unpaired) electrons. The second kappa shape index (κ2) is 7.02. The molecule has 4 rings (SSSR count). The fourth-order valence-electron chi connectivity index (χ4n) is 5.06. The quantitative estimate of drug-likeness (QED) is 0.393. The van der Waals surface area contributed by atoms with Gasteiger partial charge in [-0.05, 0) is 68.4 Å². The van der Waals surface area contributed by atoms with E-state index < -0.39 is 17.7 Å². The number of ether oxygens (including phenoxy) is 1. The van der Waals surface area contributed by atoms with Crippen molar-refractivity contribution >= 4 is 22.6 Å². The molecule has 5 heteroatoms. The van der Waals surface area contributed by atoms with Crippen molar-refractivity contribution in [3.63, 3.8) is 0 Å². The highest BCUT2D eigenvalue weighted by atomic mass is 127. The molecule has 1 aliphatic heterocycles. The molecule has 3 atom stereocenters. The molecule has 2 aliphatic carbocycles. The Labute approximate surface area is 160 Å². The molecule has 25 heavy (non-hydrogen) atoms. The molecule has 3 aliphatic rings. The first kappa shape index (κ1) is 18.1. The van der Waals surface area contributed by atoms with Gasteiger partial charge in [0.2, 0.25) is 0 Å². The second-order valence-corrected chi connectivity index (χ2v) is 9.69. The summed E-state index contributed by atoms with van der Waals surface area (Å²) >= 11 is 2.52. The lowest BCUT2D eigenvalue weighted by molar-refractivity contribution is -0.125. The number of rotatable bonds is 2. The van der Waals surface area contributed by atoms with Crippen LogP contribution in [-0.2, 0) is 17.1 Å². The summed E-state index contributed by atoms with van der Waals surface area (Å²) in [6.07, 6.45) is 7.00. The molecule has 0 aromatic heterocycles. The number of benzene rings is 1. The van der Waals surface area contributed by atoms with Gasteiger partial charge >= 0.3 is 0 Å². The standard InChI is InChI=1S/C20H24F3IO/c21-17-3-1-2-13-10-16(20(22,23)19(13)17)14-6-9-18(25-11-14)12-4-7-15(24)8-5-12/h1-3,12,14-16,18H,4-11H2. The van der Waals surface area contributed by atoms with Crippen LogP contribution in [0.2, 0.25) is 0 Å². The number of halogens is 4. The van der Waals surface area contributed by atoms with E-state index >= 15 is 0 Å². The van der Waals surface area contributed by atoms with Crippen molar-refractivity contribution in [1.29, 1.82) is 0 Å². The van der Waals surface area contributed by atoms with E-state index in [0.29, 0.717) is 18.1 Å². The first-order valence-corrected chi connectivity index (χ1v) is 10.6. The monoisotopic (exact) mass is 464 g/mol. The van der Waals surface area contributed by atoms with Gasteiger partial charge in [0.15, 0.2) is 0 Å². The van der Waals surface area contributed by atoms with E-state index in [4.69, 9.17) is 4.74 Å². The van der Waals surface area contributed by atoms with Crippen molar-refractivity contribution in [3.05, 3.63) is 35.1 Å². The summed E-state index contributed by atoms with van der Waals surface area (Å²) in [6, 6.07) is 4.32. The number of alkyl halides is 3. The predicted octanol–water partition coefficient (Wildman–Crippen LogP) is 5.88. The highest BCUT2D eigenvalue weighted by Gasteiger charge is 2.53. The highest BCUT2D eigenvalue weighted by Crippen LogP contribution is 2.52. The molecular weight excluding hydrogens is 440 g/mol. The van der Waals surface area contributed by atoms with Crippen LogP contribution in [0.15, 0.2) is 18.2 Å². The van der Waals surface area contributed by atoms with Gasteiger partial charge in [-0.15, -0.1) is 0 Å². The van der Waals surface area contributed by atoms with E-state index in [0.717, 1.165) is 22.8 Å². The zero-order valence-electron chi connectivity index (χ0n) is 14.2. The van der Waals surface area contributed by atoms with Crippen molar-refractivity contribution in [2.45, 2.75) is 60.9 Å². The van der Waals surface area contributed by atoms with Crippen LogP contribution >= 0.6 is 22.6 Å². The van der Waals surface area contributed by atoms with Crippen LogP contribution < -0.4 is 0 Å². The molecule has 1 heterocycles. The Morgan fingerprint density at radius 2 is 1.72 bits per heavy atom. The molecule has 3 unspecified atom stereocenters. The first-order chi connectivity index (χ1) is 12.0. The molecule has 1 nitrogen and oxygen atoms in total. The maximum Gasteiger partial charge on any atom is 0.279 e. The summed E-state index contributed by atoms with van der Waals surface area (Å²) in [6.45, 7) is 0.394. The van der Waals surface area contributed by atoms with Gasteiger partial charge in [-0.1, -0.05) is 34.7 Å². The Balaban J connectivity index is 1.41. The van der Waals surface area contributed by atoms with Crippen molar-refractivity contribution in [1.82, 2.24) is 0 Å². The van der Waals surface area contributed by atoms with Crippen molar-refractivity contribution in [2.75, 3.05) is 6.61 Å². The zero-order chi connectivity index (χ0) is 17.6. The van der Waals surface area contributed by atoms with E-state index in [1.807, 2.05) is 0 Å².